The Morgan fingerprint density at radius 2 is 1.81 bits per heavy atom. The Kier molecular flexibility index (Phi) is 6.52. The number of aliphatic carboxylic acids is 1. The lowest BCUT2D eigenvalue weighted by Crippen LogP contribution is -2.42. The second-order valence-electron chi connectivity index (χ2n) is 7.36. The molecule has 0 bridgehead atoms. The Balaban J connectivity index is 1.85. The molecule has 2 atom stereocenters. The van der Waals surface area contributed by atoms with Crippen LogP contribution in [-0.4, -0.2) is 24.5 Å². The van der Waals surface area contributed by atoms with Crippen LogP contribution in [0.3, 0.4) is 0 Å². The Morgan fingerprint density at radius 1 is 1.11 bits per heavy atom. The number of carbonyl (C=O) groups is 3. The second kappa shape index (κ2) is 8.87. The first-order valence-corrected chi connectivity index (χ1v) is 10.7. The Labute approximate surface area is 163 Å². The smallest absolute Gasteiger partial charge is 0.341 e. The molecule has 148 valence electrons. The highest BCUT2D eigenvalue weighted by atomic mass is 32.1. The van der Waals surface area contributed by atoms with Crippen molar-refractivity contribution in [1.82, 2.24) is 0 Å². The van der Waals surface area contributed by atoms with Crippen LogP contribution in [0.2, 0.25) is 0 Å². The van der Waals surface area contributed by atoms with Crippen molar-refractivity contribution < 1.29 is 24.2 Å². The number of ether oxygens (including phenoxy) is 1. The van der Waals surface area contributed by atoms with Gasteiger partial charge in [-0.05, 0) is 50.5 Å². The van der Waals surface area contributed by atoms with Crippen LogP contribution < -0.4 is 10.4 Å². The van der Waals surface area contributed by atoms with E-state index in [4.69, 9.17) is 4.74 Å². The molecule has 2 aliphatic rings. The monoisotopic (exact) mass is 392 g/mol. The quantitative estimate of drug-likeness (QED) is 0.751. The number of aryl methyl sites for hydroxylation is 1. The zero-order valence-corrected chi connectivity index (χ0v) is 16.5. The molecule has 7 heteroatoms. The largest absolute Gasteiger partial charge is 0.550 e. The van der Waals surface area contributed by atoms with E-state index in [9.17, 15) is 19.5 Å². The van der Waals surface area contributed by atoms with Crippen molar-refractivity contribution in [3.8, 4) is 0 Å². The van der Waals surface area contributed by atoms with Gasteiger partial charge in [-0.15, -0.1) is 11.3 Å². The highest BCUT2D eigenvalue weighted by Crippen LogP contribution is 2.39. The SMILES string of the molecule is CCCOC(=O)c1c(NC(=O)[C@H]2CCCC[C@@H]2C(=O)[O-])sc2c1CCCC2. The molecule has 6 nitrogen and oxygen atoms in total. The summed E-state index contributed by atoms with van der Waals surface area (Å²) in [5, 5.41) is 14.8. The van der Waals surface area contributed by atoms with Crippen molar-refractivity contribution in [3.63, 3.8) is 0 Å². The van der Waals surface area contributed by atoms with Gasteiger partial charge in [0.2, 0.25) is 5.91 Å². The fourth-order valence-electron chi connectivity index (χ4n) is 4.07. The predicted molar refractivity (Wildman–Crippen MR) is 101 cm³/mol. The van der Waals surface area contributed by atoms with E-state index in [1.165, 1.54) is 11.3 Å². The molecule has 1 fully saturated rings. The number of anilines is 1. The number of thiophene rings is 1. The Morgan fingerprint density at radius 3 is 2.52 bits per heavy atom. The van der Waals surface area contributed by atoms with Crippen LogP contribution >= 0.6 is 11.3 Å². The zero-order chi connectivity index (χ0) is 19.4. The first-order chi connectivity index (χ1) is 13.0. The van der Waals surface area contributed by atoms with Crippen molar-refractivity contribution in [2.45, 2.75) is 64.7 Å². The lowest BCUT2D eigenvalue weighted by molar-refractivity contribution is -0.313. The number of carbonyl (C=O) groups excluding carboxylic acids is 3. The van der Waals surface area contributed by atoms with Crippen molar-refractivity contribution in [1.29, 1.82) is 0 Å². The molecule has 0 aliphatic heterocycles. The van der Waals surface area contributed by atoms with Gasteiger partial charge in [-0.25, -0.2) is 4.79 Å². The topological polar surface area (TPSA) is 95.5 Å². The molecule has 1 N–H and O–H groups in total. The second-order valence-corrected chi connectivity index (χ2v) is 8.46. The summed E-state index contributed by atoms with van der Waals surface area (Å²) in [6.07, 6.45) is 7.14. The maximum atomic E-state index is 12.8. The minimum Gasteiger partial charge on any atom is -0.550 e. The maximum absolute atomic E-state index is 12.8. The van der Waals surface area contributed by atoms with Gasteiger partial charge in [0.1, 0.15) is 5.00 Å². The average Bonchev–Trinajstić information content (AvgIpc) is 3.03. The van der Waals surface area contributed by atoms with Gasteiger partial charge in [0.05, 0.1) is 12.2 Å². The van der Waals surface area contributed by atoms with Gasteiger partial charge >= 0.3 is 5.97 Å². The standard InChI is InChI=1S/C20H27NO5S/c1-2-11-26-20(25)16-14-9-5-6-10-15(14)27-18(16)21-17(22)12-7-3-4-8-13(12)19(23)24/h12-13H,2-11H2,1H3,(H,21,22)(H,23,24)/p-1/t12-,13-/m0/s1. The number of amides is 1. The third-order valence-electron chi connectivity index (χ3n) is 5.45. The lowest BCUT2D eigenvalue weighted by atomic mass is 9.78. The van der Waals surface area contributed by atoms with Gasteiger partial charge in [0.15, 0.2) is 0 Å². The molecule has 3 rings (SSSR count). The van der Waals surface area contributed by atoms with Crippen LogP contribution in [0.5, 0.6) is 0 Å². The summed E-state index contributed by atoms with van der Waals surface area (Å²) < 4.78 is 5.34. The summed E-state index contributed by atoms with van der Waals surface area (Å²) in [4.78, 5) is 38.0. The summed E-state index contributed by atoms with van der Waals surface area (Å²) in [7, 11) is 0. The number of hydrogen-bond acceptors (Lipinski definition) is 6. The number of fused-ring (bicyclic) bond motifs is 1. The molecule has 1 heterocycles. The number of nitrogens with one attached hydrogen (secondary N) is 1. The molecule has 1 aromatic rings. The van der Waals surface area contributed by atoms with Crippen molar-refractivity contribution in [2.24, 2.45) is 11.8 Å². The van der Waals surface area contributed by atoms with E-state index in [0.29, 0.717) is 30.0 Å². The molecule has 0 saturated heterocycles. The van der Waals surface area contributed by atoms with E-state index >= 15 is 0 Å². The molecule has 0 radical (unpaired) electrons. The molecule has 0 spiro atoms. The fourth-order valence-corrected chi connectivity index (χ4v) is 5.35. The van der Waals surface area contributed by atoms with Crippen LogP contribution in [0.25, 0.3) is 0 Å². The van der Waals surface area contributed by atoms with Crippen molar-refractivity contribution in [2.75, 3.05) is 11.9 Å². The molecule has 0 aromatic carbocycles. The van der Waals surface area contributed by atoms with E-state index in [-0.39, 0.29) is 5.91 Å². The first-order valence-electron chi connectivity index (χ1n) is 9.86. The normalized spacial score (nSPS) is 22.0. The van der Waals surface area contributed by atoms with Gasteiger partial charge in [-0.1, -0.05) is 19.8 Å². The van der Waals surface area contributed by atoms with E-state index < -0.39 is 23.8 Å². The summed E-state index contributed by atoms with van der Waals surface area (Å²) in [5.41, 5.74) is 1.46. The van der Waals surface area contributed by atoms with E-state index in [1.54, 1.807) is 0 Å². The molecular weight excluding hydrogens is 366 g/mol. The lowest BCUT2D eigenvalue weighted by Gasteiger charge is -2.31. The van der Waals surface area contributed by atoms with E-state index in [0.717, 1.165) is 55.4 Å². The number of hydrogen-bond donors (Lipinski definition) is 1. The summed E-state index contributed by atoms with van der Waals surface area (Å²) in [6, 6.07) is 0. The van der Waals surface area contributed by atoms with Crippen molar-refractivity contribution in [3.05, 3.63) is 16.0 Å². The number of carboxylic acid groups (broad SMARTS) is 1. The molecule has 1 saturated carbocycles. The van der Waals surface area contributed by atoms with Gasteiger partial charge < -0.3 is 20.0 Å². The number of rotatable bonds is 6. The fraction of sp³-hybridized carbons (Fsp3) is 0.650. The number of esters is 1. The van der Waals surface area contributed by atoms with Gasteiger partial charge in [-0.2, -0.15) is 0 Å². The predicted octanol–water partition coefficient (Wildman–Crippen LogP) is 2.69. The minimum atomic E-state index is -1.16. The average molecular weight is 392 g/mol. The van der Waals surface area contributed by atoms with Gasteiger partial charge in [-0.3, -0.25) is 4.79 Å². The molecule has 1 amide bonds. The van der Waals surface area contributed by atoms with E-state index in [2.05, 4.69) is 5.32 Å². The zero-order valence-electron chi connectivity index (χ0n) is 15.7. The van der Waals surface area contributed by atoms with Crippen LogP contribution in [0.15, 0.2) is 0 Å². The highest BCUT2D eigenvalue weighted by Gasteiger charge is 2.34. The Hall–Kier alpha value is -1.89. The number of carboxylic acids is 1. The molecule has 0 unspecified atom stereocenters. The molecular formula is C20H26NO5S-. The van der Waals surface area contributed by atoms with E-state index in [1.807, 2.05) is 6.92 Å². The summed E-state index contributed by atoms with van der Waals surface area (Å²) in [6.45, 7) is 2.27. The van der Waals surface area contributed by atoms with Gasteiger partial charge in [0, 0.05) is 22.7 Å². The maximum Gasteiger partial charge on any atom is 0.341 e. The van der Waals surface area contributed by atoms with Crippen LogP contribution in [0.4, 0.5) is 5.00 Å². The third kappa shape index (κ3) is 4.34. The highest BCUT2D eigenvalue weighted by molar-refractivity contribution is 7.17. The summed E-state index contributed by atoms with van der Waals surface area (Å²) >= 11 is 1.43. The molecule has 27 heavy (non-hydrogen) atoms. The summed E-state index contributed by atoms with van der Waals surface area (Å²) in [5.74, 6) is -3.26. The third-order valence-corrected chi connectivity index (χ3v) is 6.66. The Bertz CT molecular complexity index is 726. The van der Waals surface area contributed by atoms with Crippen LogP contribution in [0.1, 0.15) is 72.7 Å². The minimum absolute atomic E-state index is 0.327. The molecule has 1 aromatic heterocycles. The van der Waals surface area contributed by atoms with Crippen molar-refractivity contribution >= 4 is 34.2 Å². The first kappa shape index (κ1) is 19.9. The van der Waals surface area contributed by atoms with Crippen LogP contribution in [-0.2, 0) is 27.2 Å². The molecule has 2 aliphatic carbocycles. The van der Waals surface area contributed by atoms with Gasteiger partial charge in [0.25, 0.3) is 0 Å². The van der Waals surface area contributed by atoms with Crippen LogP contribution in [0, 0.1) is 11.8 Å².